The molecule has 38 heavy (non-hydrogen) atoms. The highest BCUT2D eigenvalue weighted by Crippen LogP contribution is 2.27. The fourth-order valence-electron chi connectivity index (χ4n) is 4.81. The standard InChI is InChI=1S/C32H30N4O2/c1-21-18-26(31-33-17-9-5-6-10-22(2)35(31)4)19-29-30(21)34-23(3)36(29)20-24-13-15-25(16-14-24)27-11-7-8-12-28(27)32(37)38/h5-16,18-19H,2,17,20H2,1,3-4H3,(H,37,38)/b9-5-,10-6-,33-31?. The van der Waals surface area contributed by atoms with E-state index in [0.717, 1.165) is 50.6 Å². The van der Waals surface area contributed by atoms with E-state index in [-0.39, 0.29) is 0 Å². The minimum atomic E-state index is -0.929. The van der Waals surface area contributed by atoms with E-state index in [2.05, 4.69) is 42.3 Å². The number of carboxylic acids is 1. The SMILES string of the molecule is C=C1/C=C\C=C/CN=C(c2cc(C)c3nc(C)n(Cc4ccc(-c5ccccc5C(=O)O)cc4)c3c2)N1C. The molecule has 6 nitrogen and oxygen atoms in total. The number of fused-ring (bicyclic) bond motifs is 1. The zero-order valence-corrected chi connectivity index (χ0v) is 21.8. The summed E-state index contributed by atoms with van der Waals surface area (Å²) in [6.07, 6.45) is 7.98. The van der Waals surface area contributed by atoms with E-state index in [1.807, 2.05) is 67.4 Å². The second-order valence-corrected chi connectivity index (χ2v) is 9.46. The second-order valence-electron chi connectivity index (χ2n) is 9.46. The normalized spacial score (nSPS) is 15.5. The van der Waals surface area contributed by atoms with Gasteiger partial charge in [-0.15, -0.1) is 0 Å². The lowest BCUT2D eigenvalue weighted by Crippen LogP contribution is -2.26. The summed E-state index contributed by atoms with van der Waals surface area (Å²) in [6.45, 7) is 9.54. The number of hydrogen-bond donors (Lipinski definition) is 1. The Morgan fingerprint density at radius 3 is 2.55 bits per heavy atom. The van der Waals surface area contributed by atoms with Crippen LogP contribution in [0, 0.1) is 13.8 Å². The molecule has 1 aliphatic rings. The van der Waals surface area contributed by atoms with Crippen molar-refractivity contribution in [2.24, 2.45) is 4.99 Å². The van der Waals surface area contributed by atoms with Gasteiger partial charge >= 0.3 is 5.97 Å². The smallest absolute Gasteiger partial charge is 0.336 e. The number of rotatable bonds is 5. The summed E-state index contributed by atoms with van der Waals surface area (Å²) in [5, 5.41) is 9.56. The Balaban J connectivity index is 1.51. The van der Waals surface area contributed by atoms with E-state index >= 15 is 0 Å². The Hall–Kier alpha value is -4.71. The van der Waals surface area contributed by atoms with Gasteiger partial charge in [0.2, 0.25) is 0 Å². The van der Waals surface area contributed by atoms with Crippen molar-refractivity contribution in [3.05, 3.63) is 125 Å². The van der Waals surface area contributed by atoms with Gasteiger partial charge in [-0.05, 0) is 60.4 Å². The predicted molar refractivity (Wildman–Crippen MR) is 154 cm³/mol. The molecule has 0 amide bonds. The van der Waals surface area contributed by atoms with Crippen LogP contribution in [0.2, 0.25) is 0 Å². The lowest BCUT2D eigenvalue weighted by atomic mass is 9.99. The third-order valence-corrected chi connectivity index (χ3v) is 6.89. The van der Waals surface area contributed by atoms with Crippen LogP contribution in [0.15, 0.2) is 102 Å². The number of carboxylic acid groups (broad SMARTS) is 1. The molecule has 1 N–H and O–H groups in total. The topological polar surface area (TPSA) is 70.7 Å². The van der Waals surface area contributed by atoms with Gasteiger partial charge in [0, 0.05) is 24.9 Å². The van der Waals surface area contributed by atoms with Gasteiger partial charge in [-0.25, -0.2) is 9.78 Å². The molecule has 6 heteroatoms. The first-order chi connectivity index (χ1) is 18.3. The van der Waals surface area contributed by atoms with Crippen LogP contribution in [0.1, 0.15) is 32.9 Å². The summed E-state index contributed by atoms with van der Waals surface area (Å²) in [5.74, 6) is 0.866. The van der Waals surface area contributed by atoms with Crippen LogP contribution in [0.25, 0.3) is 22.2 Å². The van der Waals surface area contributed by atoms with Crippen molar-refractivity contribution in [1.29, 1.82) is 0 Å². The molecule has 0 aliphatic carbocycles. The Morgan fingerprint density at radius 1 is 1.03 bits per heavy atom. The number of aromatic nitrogens is 2. The van der Waals surface area contributed by atoms with E-state index in [1.54, 1.807) is 12.1 Å². The molecule has 5 rings (SSSR count). The van der Waals surface area contributed by atoms with E-state index in [0.29, 0.717) is 24.2 Å². The van der Waals surface area contributed by atoms with Crippen molar-refractivity contribution in [1.82, 2.24) is 14.5 Å². The van der Waals surface area contributed by atoms with Gasteiger partial charge in [-0.2, -0.15) is 0 Å². The minimum absolute atomic E-state index is 0.297. The summed E-state index contributed by atoms with van der Waals surface area (Å²) >= 11 is 0. The molecule has 1 aromatic heterocycles. The highest BCUT2D eigenvalue weighted by molar-refractivity contribution is 6.03. The van der Waals surface area contributed by atoms with Gasteiger partial charge in [0.25, 0.3) is 0 Å². The van der Waals surface area contributed by atoms with Crippen LogP contribution in [0.5, 0.6) is 0 Å². The maximum Gasteiger partial charge on any atom is 0.336 e. The van der Waals surface area contributed by atoms with Crippen LogP contribution in [-0.2, 0) is 6.54 Å². The molecule has 3 aromatic carbocycles. The predicted octanol–water partition coefficient (Wildman–Crippen LogP) is 6.38. The minimum Gasteiger partial charge on any atom is -0.478 e. The van der Waals surface area contributed by atoms with Gasteiger partial charge in [0.1, 0.15) is 11.7 Å². The second kappa shape index (κ2) is 10.3. The molecule has 0 unspecified atom stereocenters. The summed E-state index contributed by atoms with van der Waals surface area (Å²) < 4.78 is 2.22. The van der Waals surface area contributed by atoms with Crippen molar-refractivity contribution in [3.63, 3.8) is 0 Å². The molecular weight excluding hydrogens is 472 g/mol. The fraction of sp³-hybridized carbons (Fsp3) is 0.156. The van der Waals surface area contributed by atoms with Crippen molar-refractivity contribution >= 4 is 22.8 Å². The molecule has 190 valence electrons. The quantitative estimate of drug-likeness (QED) is 0.344. The maximum atomic E-state index is 11.7. The third kappa shape index (κ3) is 4.81. The third-order valence-electron chi connectivity index (χ3n) is 6.89. The molecule has 0 bridgehead atoms. The molecule has 1 aliphatic heterocycles. The number of aryl methyl sites for hydroxylation is 2. The van der Waals surface area contributed by atoms with Gasteiger partial charge in [0.15, 0.2) is 0 Å². The van der Waals surface area contributed by atoms with E-state index in [9.17, 15) is 9.90 Å². The number of likely N-dealkylation sites (N-methyl/N-ethyl adjacent to an activating group) is 1. The summed E-state index contributed by atoms with van der Waals surface area (Å²) in [4.78, 5) is 23.4. The first-order valence-electron chi connectivity index (χ1n) is 12.5. The average molecular weight is 503 g/mol. The van der Waals surface area contributed by atoms with Gasteiger partial charge < -0.3 is 14.6 Å². The number of imidazole rings is 1. The summed E-state index contributed by atoms with van der Waals surface area (Å²) in [7, 11) is 1.99. The first kappa shape index (κ1) is 25.0. The molecule has 4 aromatic rings. The molecule has 2 heterocycles. The number of benzene rings is 3. The van der Waals surface area contributed by atoms with E-state index < -0.39 is 5.97 Å². The Kier molecular flexibility index (Phi) is 6.79. The van der Waals surface area contributed by atoms with Gasteiger partial charge in [-0.1, -0.05) is 67.3 Å². The molecule has 0 fully saturated rings. The zero-order valence-electron chi connectivity index (χ0n) is 21.8. The molecular formula is C32H30N4O2. The lowest BCUT2D eigenvalue weighted by Gasteiger charge is -2.22. The summed E-state index contributed by atoms with van der Waals surface area (Å²) in [5.41, 5.74) is 7.98. The Bertz CT molecular complexity index is 1640. The van der Waals surface area contributed by atoms with Crippen molar-refractivity contribution in [2.75, 3.05) is 13.6 Å². The monoisotopic (exact) mass is 502 g/mol. The van der Waals surface area contributed by atoms with Gasteiger partial charge in [0.05, 0.1) is 23.1 Å². The highest BCUT2D eigenvalue weighted by Gasteiger charge is 2.17. The van der Waals surface area contributed by atoms with Crippen LogP contribution in [-0.4, -0.2) is 45.0 Å². The van der Waals surface area contributed by atoms with Crippen molar-refractivity contribution < 1.29 is 9.90 Å². The number of aliphatic imine (C=N–C) groups is 1. The molecule has 0 radical (unpaired) electrons. The summed E-state index contributed by atoms with van der Waals surface area (Å²) in [6, 6.07) is 19.4. The Morgan fingerprint density at radius 2 is 1.79 bits per heavy atom. The van der Waals surface area contributed by atoms with E-state index in [4.69, 9.17) is 9.98 Å². The fourth-order valence-corrected chi connectivity index (χ4v) is 4.81. The number of carbonyl (C=O) groups is 1. The number of nitrogens with zero attached hydrogens (tertiary/aromatic N) is 4. The molecule has 0 saturated heterocycles. The lowest BCUT2D eigenvalue weighted by molar-refractivity contribution is 0.0697. The highest BCUT2D eigenvalue weighted by atomic mass is 16.4. The zero-order chi connectivity index (χ0) is 26.8. The van der Waals surface area contributed by atoms with Crippen molar-refractivity contribution in [3.8, 4) is 11.1 Å². The van der Waals surface area contributed by atoms with Crippen LogP contribution in [0.3, 0.4) is 0 Å². The number of allylic oxidation sites excluding steroid dienone is 3. The van der Waals surface area contributed by atoms with Crippen molar-refractivity contribution in [2.45, 2.75) is 20.4 Å². The van der Waals surface area contributed by atoms with E-state index in [1.165, 1.54) is 0 Å². The molecule has 0 atom stereocenters. The number of hydrogen-bond acceptors (Lipinski definition) is 4. The number of aromatic carboxylic acids is 1. The maximum absolute atomic E-state index is 11.7. The Labute approximate surface area is 222 Å². The van der Waals surface area contributed by atoms with Crippen LogP contribution >= 0.6 is 0 Å². The van der Waals surface area contributed by atoms with Crippen LogP contribution in [0.4, 0.5) is 0 Å². The largest absolute Gasteiger partial charge is 0.478 e. The van der Waals surface area contributed by atoms with Crippen LogP contribution < -0.4 is 0 Å². The molecule has 0 saturated carbocycles. The number of amidine groups is 1. The average Bonchev–Trinajstić information content (AvgIpc) is 3.26. The van der Waals surface area contributed by atoms with Gasteiger partial charge in [-0.3, -0.25) is 4.99 Å². The first-order valence-corrected chi connectivity index (χ1v) is 12.5. The molecule has 0 spiro atoms.